The van der Waals surface area contributed by atoms with Gasteiger partial charge in [-0.2, -0.15) is 0 Å². The van der Waals surface area contributed by atoms with E-state index in [-0.39, 0.29) is 56.6 Å². The summed E-state index contributed by atoms with van der Waals surface area (Å²) in [5.41, 5.74) is 2.38. The van der Waals surface area contributed by atoms with Gasteiger partial charge in [0.1, 0.15) is 0 Å². The van der Waals surface area contributed by atoms with E-state index >= 15 is 0 Å². The molecule has 0 fully saturated rings. The maximum atomic E-state index is 7.50. The molecule has 0 saturated carbocycles. The van der Waals surface area contributed by atoms with Gasteiger partial charge >= 0.3 is 113 Å². The Kier molecular flexibility index (Phi) is 86.3. The Labute approximate surface area is 316 Å². The smallest absolute Gasteiger partial charge is 0 e. The summed E-state index contributed by atoms with van der Waals surface area (Å²) in [6, 6.07) is 32.0. The summed E-state index contributed by atoms with van der Waals surface area (Å²) in [6.45, 7) is 49.0. The second-order valence-electron chi connectivity index (χ2n) is 6.20. The first-order chi connectivity index (χ1) is 23.4. The molecule has 0 aliphatic rings. The second-order valence-corrected chi connectivity index (χ2v) is 12.0. The SMILES string of the molecule is C=CCp1c(C#Cc2ccccc2)c(-c2ccccc2)p1-c1ccccc1.[C-]#[O+].[C-]#[O+].[C-]#[O+].[C-]#[O+].[C-]#[O+].[C-]#[O+].[C-]#[O+].[C-]#[O+].[C-]#[O+].[C-]#[O+].[W].[W]. The van der Waals surface area contributed by atoms with Gasteiger partial charge in [0.05, 0.1) is 5.30 Å². The molecular formula is C35H20O10P2W2. The van der Waals surface area contributed by atoms with Crippen molar-refractivity contribution in [3.8, 4) is 28.0 Å². The van der Waals surface area contributed by atoms with E-state index in [0.29, 0.717) is 0 Å². The zero-order valence-corrected chi connectivity index (χ0v) is 32.6. The summed E-state index contributed by atoms with van der Waals surface area (Å²) >= 11 is 0. The minimum absolute atomic E-state index is 0. The molecule has 0 N–H and O–H groups in total. The van der Waals surface area contributed by atoms with Crippen molar-refractivity contribution >= 4 is 14.4 Å². The average molecular weight is 1030 g/mol. The molecule has 1 heterocycles. The third kappa shape index (κ3) is 28.8. The zero-order chi connectivity index (χ0) is 38.5. The molecule has 0 saturated heterocycles. The van der Waals surface area contributed by atoms with Gasteiger partial charge < -0.3 is 0 Å². The van der Waals surface area contributed by atoms with E-state index in [0.717, 1.165) is 11.7 Å². The van der Waals surface area contributed by atoms with Crippen LogP contribution in [0.3, 0.4) is 0 Å². The molecule has 2 unspecified atom stereocenters. The summed E-state index contributed by atoms with van der Waals surface area (Å²) in [5.74, 6) is 6.94. The third-order valence-electron chi connectivity index (χ3n) is 4.38. The predicted octanol–water partition coefficient (Wildman–Crippen LogP) is 7.52. The van der Waals surface area contributed by atoms with Gasteiger partial charge in [-0.3, -0.25) is 0 Å². The van der Waals surface area contributed by atoms with Gasteiger partial charge in [-0.1, -0.05) is 111 Å². The average Bonchev–Trinajstić information content (AvgIpc) is 3.22. The van der Waals surface area contributed by atoms with Gasteiger partial charge in [-0.15, -0.1) is 6.58 Å². The molecule has 0 amide bonds. The molecular weight excluding hydrogens is 1010 g/mol. The molecule has 0 bridgehead atoms. The number of hydrogen-bond acceptors (Lipinski definition) is 0. The fourth-order valence-electron chi connectivity index (χ4n) is 3.16. The molecule has 3 aromatic carbocycles. The minimum Gasteiger partial charge on any atom is 0 e. The number of hydrogen-bond donors (Lipinski definition) is 0. The molecule has 242 valence electrons. The van der Waals surface area contributed by atoms with Crippen molar-refractivity contribution in [1.82, 2.24) is 0 Å². The molecule has 4 aromatic rings. The summed E-state index contributed by atoms with van der Waals surface area (Å²) in [5, 5.41) is 4.24. The Morgan fingerprint density at radius 3 is 1.16 bits per heavy atom. The van der Waals surface area contributed by atoms with Crippen LogP contribution in [0.5, 0.6) is 0 Å². The second kappa shape index (κ2) is 62.8. The van der Waals surface area contributed by atoms with E-state index in [9.17, 15) is 0 Å². The Morgan fingerprint density at radius 1 is 0.490 bits per heavy atom. The fourth-order valence-corrected chi connectivity index (χ4v) is 10.9. The van der Waals surface area contributed by atoms with E-state index in [1.165, 1.54) is 21.5 Å². The molecule has 0 aliphatic carbocycles. The van der Waals surface area contributed by atoms with Crippen molar-refractivity contribution in [2.24, 2.45) is 0 Å². The molecule has 0 aliphatic heterocycles. The van der Waals surface area contributed by atoms with E-state index < -0.39 is 0 Å². The monoisotopic (exact) mass is 1030 g/mol. The van der Waals surface area contributed by atoms with Crippen LogP contribution in [0, 0.1) is 78.3 Å². The quantitative estimate of drug-likeness (QED) is 0.0844. The van der Waals surface area contributed by atoms with Gasteiger partial charge in [0.2, 0.25) is 0 Å². The van der Waals surface area contributed by atoms with E-state index in [4.69, 9.17) is 46.5 Å². The number of benzene rings is 3. The molecule has 14 heteroatoms. The third-order valence-corrected chi connectivity index (χ3v) is 12.0. The Hall–Kier alpha value is -3.92. The minimum atomic E-state index is -0.351. The molecule has 0 radical (unpaired) electrons. The van der Waals surface area contributed by atoms with Crippen LogP contribution >= 0.6 is 14.4 Å². The zero-order valence-electron chi connectivity index (χ0n) is 24.9. The Bertz CT molecular complexity index is 1480. The van der Waals surface area contributed by atoms with E-state index in [2.05, 4.69) is 164 Å². The van der Waals surface area contributed by atoms with Crippen molar-refractivity contribution in [2.45, 2.75) is 6.16 Å². The molecule has 0 spiro atoms. The fraction of sp³-hybridized carbons (Fsp3) is 0.0286. The molecule has 49 heavy (non-hydrogen) atoms. The maximum Gasteiger partial charge on any atom is 0 e. The van der Waals surface area contributed by atoms with E-state index in [1.807, 2.05) is 18.2 Å². The Balaban J connectivity index is -0.0000000901. The molecule has 4 rings (SSSR count). The van der Waals surface area contributed by atoms with Crippen LogP contribution in [0.15, 0.2) is 104 Å². The Morgan fingerprint density at radius 2 is 0.816 bits per heavy atom. The summed E-state index contributed by atoms with van der Waals surface area (Å²) < 4.78 is 75.0. The van der Waals surface area contributed by atoms with Crippen molar-refractivity contribution in [3.05, 3.63) is 181 Å². The van der Waals surface area contributed by atoms with Gasteiger partial charge in [0.15, 0.2) is 0 Å². The maximum absolute atomic E-state index is 7.50. The van der Waals surface area contributed by atoms with Gasteiger partial charge in [0.25, 0.3) is 0 Å². The van der Waals surface area contributed by atoms with Crippen molar-refractivity contribution in [3.63, 3.8) is 0 Å². The van der Waals surface area contributed by atoms with Crippen LogP contribution in [0.1, 0.15) is 10.9 Å². The number of rotatable bonds is 4. The van der Waals surface area contributed by atoms with Crippen molar-refractivity contribution in [1.29, 1.82) is 0 Å². The predicted molar refractivity (Wildman–Crippen MR) is 161 cm³/mol. The summed E-state index contributed by atoms with van der Waals surface area (Å²) in [7, 11) is -0.658. The van der Waals surface area contributed by atoms with Crippen LogP contribution in [-0.4, -0.2) is 0 Å². The van der Waals surface area contributed by atoms with Crippen LogP contribution < -0.4 is 0 Å². The topological polar surface area (TPSA) is 199 Å². The summed E-state index contributed by atoms with van der Waals surface area (Å²) in [6.07, 6.45) is 3.10. The summed E-state index contributed by atoms with van der Waals surface area (Å²) in [4.78, 5) is 0. The first-order valence-corrected chi connectivity index (χ1v) is 14.6. The molecule has 2 atom stereocenters. The molecule has 1 aromatic heterocycles. The van der Waals surface area contributed by atoms with Crippen molar-refractivity contribution < 1.29 is 88.7 Å². The van der Waals surface area contributed by atoms with Crippen LogP contribution in [0.2, 0.25) is 0 Å². The van der Waals surface area contributed by atoms with Gasteiger partial charge in [-0.05, 0) is 17.7 Å². The van der Waals surface area contributed by atoms with Gasteiger partial charge in [0, 0.05) is 64.5 Å². The first kappa shape index (κ1) is 67.3. The van der Waals surface area contributed by atoms with Gasteiger partial charge in [-0.25, -0.2) is 0 Å². The van der Waals surface area contributed by atoms with Crippen LogP contribution in [0.4, 0.5) is 0 Å². The number of allylic oxidation sites excluding steroid dienone is 1. The van der Waals surface area contributed by atoms with Crippen molar-refractivity contribution in [2.75, 3.05) is 0 Å². The van der Waals surface area contributed by atoms with Crippen LogP contribution in [0.25, 0.3) is 16.2 Å². The molecule has 10 nitrogen and oxygen atoms in total. The standard InChI is InChI=1S/C25H20P2.10CO.2W/c1-2-20-26-24(19-18-21-12-6-3-7-13-21)25(22-14-8-4-9-15-22)27(26)23-16-10-5-11-17-23;10*1-2;;/h2-17H,1,20H2;;;;;;;;;;;;. The largest absolute Gasteiger partial charge is 0 e. The van der Waals surface area contributed by atoms with Crippen LogP contribution in [-0.2, 0) is 94.8 Å². The van der Waals surface area contributed by atoms with E-state index in [1.54, 1.807) is 0 Å². The first-order valence-electron chi connectivity index (χ1n) is 11.0. The normalized spacial score (nSPS) is 6.78.